The van der Waals surface area contributed by atoms with Crippen molar-refractivity contribution >= 4 is 34.1 Å². The summed E-state index contributed by atoms with van der Waals surface area (Å²) in [5, 5.41) is 4.87. The van der Waals surface area contributed by atoms with Crippen molar-refractivity contribution in [2.24, 2.45) is 5.73 Å². The number of nitrogens with zero attached hydrogens (tertiary/aromatic N) is 1. The highest BCUT2D eigenvalue weighted by molar-refractivity contribution is 7.98. The average Bonchev–Trinajstić information content (AvgIpc) is 2.45. The van der Waals surface area contributed by atoms with Crippen LogP contribution in [0.5, 0.6) is 0 Å². The lowest BCUT2D eigenvalue weighted by atomic mass is 10.1. The Labute approximate surface area is 116 Å². The Bertz CT molecular complexity index is 568. The van der Waals surface area contributed by atoms with Crippen molar-refractivity contribution in [2.75, 3.05) is 17.3 Å². The van der Waals surface area contributed by atoms with Crippen molar-refractivity contribution in [3.63, 3.8) is 0 Å². The number of nitrogens with one attached hydrogen (secondary N) is 1. The highest BCUT2D eigenvalue weighted by atomic mass is 32.2. The maximum atomic E-state index is 12.0. The van der Waals surface area contributed by atoms with E-state index in [-0.39, 0.29) is 5.91 Å². The van der Waals surface area contributed by atoms with Gasteiger partial charge in [-0.15, -0.1) is 0 Å². The molecule has 5 heteroatoms. The molecular weight excluding hydrogens is 258 g/mol. The summed E-state index contributed by atoms with van der Waals surface area (Å²) < 4.78 is 0. The minimum Gasteiger partial charge on any atom is -0.324 e. The lowest BCUT2D eigenvalue weighted by molar-refractivity contribution is -0.117. The summed E-state index contributed by atoms with van der Waals surface area (Å²) in [5.41, 5.74) is 6.64. The number of thioether (sulfide) groups is 1. The lowest BCUT2D eigenvalue weighted by Gasteiger charge is -2.13. The highest BCUT2D eigenvalue weighted by Gasteiger charge is 2.13. The first-order valence-corrected chi connectivity index (χ1v) is 7.50. The topological polar surface area (TPSA) is 68.0 Å². The molecule has 1 amide bonds. The molecule has 0 spiro atoms. The molecule has 1 atom stereocenters. The first-order chi connectivity index (χ1) is 9.22. The Morgan fingerprint density at radius 3 is 3.11 bits per heavy atom. The predicted molar refractivity (Wildman–Crippen MR) is 81.3 cm³/mol. The third-order valence-corrected chi connectivity index (χ3v) is 3.55. The number of hydrogen-bond acceptors (Lipinski definition) is 4. The molecule has 1 aromatic carbocycles. The van der Waals surface area contributed by atoms with Gasteiger partial charge in [0.25, 0.3) is 0 Å². The van der Waals surface area contributed by atoms with Crippen molar-refractivity contribution in [1.82, 2.24) is 4.98 Å². The molecule has 0 aliphatic heterocycles. The Kier molecular flexibility index (Phi) is 4.76. The third kappa shape index (κ3) is 3.45. The van der Waals surface area contributed by atoms with Crippen molar-refractivity contribution in [3.05, 3.63) is 36.7 Å². The number of pyridine rings is 1. The van der Waals surface area contributed by atoms with Crippen LogP contribution >= 0.6 is 11.8 Å². The van der Waals surface area contributed by atoms with Crippen LogP contribution in [0.2, 0.25) is 0 Å². The number of rotatable bonds is 5. The van der Waals surface area contributed by atoms with Gasteiger partial charge in [-0.25, -0.2) is 0 Å². The molecular formula is C14H17N3OS. The van der Waals surface area contributed by atoms with Gasteiger partial charge in [0.1, 0.15) is 0 Å². The molecule has 1 heterocycles. The van der Waals surface area contributed by atoms with E-state index in [2.05, 4.69) is 10.3 Å². The molecule has 0 bridgehead atoms. The number of carbonyl (C=O) groups is 1. The maximum Gasteiger partial charge on any atom is 0.241 e. The van der Waals surface area contributed by atoms with E-state index in [1.807, 2.05) is 30.5 Å². The van der Waals surface area contributed by atoms with E-state index >= 15 is 0 Å². The van der Waals surface area contributed by atoms with E-state index in [1.54, 1.807) is 24.2 Å². The fourth-order valence-electron chi connectivity index (χ4n) is 1.83. The van der Waals surface area contributed by atoms with E-state index in [1.165, 1.54) is 0 Å². The molecule has 100 valence electrons. The van der Waals surface area contributed by atoms with E-state index in [4.69, 9.17) is 5.73 Å². The minimum atomic E-state index is -0.468. The van der Waals surface area contributed by atoms with Gasteiger partial charge in [-0.05, 0) is 30.6 Å². The smallest absolute Gasteiger partial charge is 0.241 e. The molecule has 2 rings (SSSR count). The van der Waals surface area contributed by atoms with Crippen LogP contribution in [0.1, 0.15) is 6.42 Å². The number of amides is 1. The van der Waals surface area contributed by atoms with Gasteiger partial charge in [0, 0.05) is 28.9 Å². The average molecular weight is 275 g/mol. The van der Waals surface area contributed by atoms with Crippen LogP contribution in [0, 0.1) is 0 Å². The maximum absolute atomic E-state index is 12.0. The third-order valence-electron chi connectivity index (χ3n) is 2.91. The number of carbonyl (C=O) groups excluding carboxylic acids is 1. The molecule has 2 aromatic rings. The largest absolute Gasteiger partial charge is 0.324 e. The zero-order chi connectivity index (χ0) is 13.7. The predicted octanol–water partition coefficient (Wildman–Crippen LogP) is 2.25. The summed E-state index contributed by atoms with van der Waals surface area (Å²) in [6.07, 6.45) is 6.17. The van der Waals surface area contributed by atoms with Crippen LogP contribution in [-0.2, 0) is 4.79 Å². The Balaban J connectivity index is 2.15. The van der Waals surface area contributed by atoms with E-state index < -0.39 is 6.04 Å². The van der Waals surface area contributed by atoms with Crippen LogP contribution in [0.25, 0.3) is 10.8 Å². The first kappa shape index (κ1) is 13.8. The lowest BCUT2D eigenvalue weighted by Crippen LogP contribution is -2.36. The molecule has 0 saturated heterocycles. The summed E-state index contributed by atoms with van der Waals surface area (Å²) in [7, 11) is 0. The normalized spacial score (nSPS) is 12.3. The van der Waals surface area contributed by atoms with Crippen LogP contribution in [-0.4, -0.2) is 28.9 Å². The van der Waals surface area contributed by atoms with Crippen molar-refractivity contribution < 1.29 is 4.79 Å². The van der Waals surface area contributed by atoms with Crippen LogP contribution in [0.3, 0.4) is 0 Å². The second kappa shape index (κ2) is 6.54. The molecule has 3 N–H and O–H groups in total. The van der Waals surface area contributed by atoms with E-state index in [0.717, 1.165) is 22.2 Å². The zero-order valence-electron chi connectivity index (χ0n) is 10.8. The van der Waals surface area contributed by atoms with Crippen molar-refractivity contribution in [1.29, 1.82) is 0 Å². The van der Waals surface area contributed by atoms with E-state index in [9.17, 15) is 4.79 Å². The quantitative estimate of drug-likeness (QED) is 0.878. The summed E-state index contributed by atoms with van der Waals surface area (Å²) >= 11 is 1.69. The standard InChI is InChI=1S/C14H17N3OS/c1-19-8-6-12(15)14(18)17-13-4-2-3-10-9-16-7-5-11(10)13/h2-5,7,9,12H,6,8,15H2,1H3,(H,17,18)/t12-/m1/s1. The summed E-state index contributed by atoms with van der Waals surface area (Å²) in [5.74, 6) is 0.743. The number of aromatic nitrogens is 1. The molecule has 0 unspecified atom stereocenters. The molecule has 0 saturated carbocycles. The fraction of sp³-hybridized carbons (Fsp3) is 0.286. The Hall–Kier alpha value is -1.59. The van der Waals surface area contributed by atoms with E-state index in [0.29, 0.717) is 6.42 Å². The van der Waals surface area contributed by atoms with Crippen molar-refractivity contribution in [2.45, 2.75) is 12.5 Å². The molecule has 0 fully saturated rings. The monoisotopic (exact) mass is 275 g/mol. The van der Waals surface area contributed by atoms with Gasteiger partial charge in [0.15, 0.2) is 0 Å². The minimum absolute atomic E-state index is 0.140. The second-order valence-corrected chi connectivity index (χ2v) is 5.27. The summed E-state index contributed by atoms with van der Waals surface area (Å²) in [6.45, 7) is 0. The number of nitrogens with two attached hydrogens (primary N) is 1. The van der Waals surface area contributed by atoms with Gasteiger partial charge < -0.3 is 11.1 Å². The van der Waals surface area contributed by atoms with Crippen molar-refractivity contribution in [3.8, 4) is 0 Å². The second-order valence-electron chi connectivity index (χ2n) is 4.28. The van der Waals surface area contributed by atoms with Gasteiger partial charge in [-0.2, -0.15) is 11.8 Å². The number of benzene rings is 1. The molecule has 19 heavy (non-hydrogen) atoms. The molecule has 0 aliphatic rings. The van der Waals surface area contributed by atoms with Gasteiger partial charge in [0.2, 0.25) is 5.91 Å². The molecule has 1 aromatic heterocycles. The Morgan fingerprint density at radius 1 is 1.47 bits per heavy atom. The number of hydrogen-bond donors (Lipinski definition) is 2. The zero-order valence-corrected chi connectivity index (χ0v) is 11.6. The molecule has 4 nitrogen and oxygen atoms in total. The Morgan fingerprint density at radius 2 is 2.32 bits per heavy atom. The fourth-order valence-corrected chi connectivity index (χ4v) is 2.32. The number of fused-ring (bicyclic) bond motifs is 1. The summed E-state index contributed by atoms with van der Waals surface area (Å²) in [6, 6.07) is 7.16. The SMILES string of the molecule is CSCC[C@@H](N)C(=O)Nc1cccc2cnccc12. The molecule has 0 radical (unpaired) electrons. The first-order valence-electron chi connectivity index (χ1n) is 6.10. The van der Waals surface area contributed by atoms with Crippen LogP contribution < -0.4 is 11.1 Å². The highest BCUT2D eigenvalue weighted by Crippen LogP contribution is 2.22. The number of anilines is 1. The molecule has 0 aliphatic carbocycles. The summed E-state index contributed by atoms with van der Waals surface area (Å²) in [4.78, 5) is 16.1. The van der Waals surface area contributed by atoms with Gasteiger partial charge in [-0.3, -0.25) is 9.78 Å². The van der Waals surface area contributed by atoms with Gasteiger partial charge in [0.05, 0.1) is 6.04 Å². The van der Waals surface area contributed by atoms with Gasteiger partial charge >= 0.3 is 0 Å². The van der Waals surface area contributed by atoms with Crippen LogP contribution in [0.4, 0.5) is 5.69 Å². The van der Waals surface area contributed by atoms with Gasteiger partial charge in [-0.1, -0.05) is 12.1 Å². The van der Waals surface area contributed by atoms with Crippen LogP contribution in [0.15, 0.2) is 36.7 Å².